The van der Waals surface area contributed by atoms with Crippen LogP contribution in [0.1, 0.15) is 54.2 Å². The second-order valence-electron chi connectivity index (χ2n) is 6.83. The van der Waals surface area contributed by atoms with Crippen molar-refractivity contribution in [2.45, 2.75) is 52.1 Å². The lowest BCUT2D eigenvalue weighted by atomic mass is 9.99. The van der Waals surface area contributed by atoms with E-state index in [-0.39, 0.29) is 5.91 Å². The number of aryl methyl sites for hydroxylation is 1. The average Bonchev–Trinajstić information content (AvgIpc) is 2.66. The Labute approximate surface area is 150 Å². The minimum atomic E-state index is 0.0609. The molecule has 132 valence electrons. The summed E-state index contributed by atoms with van der Waals surface area (Å²) >= 11 is 0. The predicted octanol–water partition coefficient (Wildman–Crippen LogP) is 4.41. The number of anilines is 1. The Kier molecular flexibility index (Phi) is 5.69. The summed E-state index contributed by atoms with van der Waals surface area (Å²) in [4.78, 5) is 19.2. The van der Waals surface area contributed by atoms with E-state index < -0.39 is 0 Å². The maximum atomic E-state index is 12.9. The minimum Gasteiger partial charge on any atom is -0.381 e. The third-order valence-electron chi connectivity index (χ3n) is 4.92. The van der Waals surface area contributed by atoms with Gasteiger partial charge in [-0.15, -0.1) is 0 Å². The van der Waals surface area contributed by atoms with Crippen molar-refractivity contribution in [3.8, 4) is 0 Å². The number of benzene rings is 1. The van der Waals surface area contributed by atoms with Crippen LogP contribution in [0.3, 0.4) is 0 Å². The van der Waals surface area contributed by atoms with E-state index >= 15 is 0 Å². The third kappa shape index (κ3) is 4.38. The summed E-state index contributed by atoms with van der Waals surface area (Å²) < 4.78 is 0. The van der Waals surface area contributed by atoms with Crippen LogP contribution in [-0.4, -0.2) is 28.4 Å². The Morgan fingerprint density at radius 1 is 1.28 bits per heavy atom. The fourth-order valence-electron chi connectivity index (χ4n) is 3.52. The molecule has 3 rings (SSSR count). The molecule has 1 atom stereocenters. The molecular formula is C21H27N3O. The largest absolute Gasteiger partial charge is 0.381 e. The van der Waals surface area contributed by atoms with Crippen molar-refractivity contribution in [2.75, 3.05) is 11.9 Å². The van der Waals surface area contributed by atoms with Gasteiger partial charge < -0.3 is 10.2 Å². The predicted molar refractivity (Wildman–Crippen MR) is 102 cm³/mol. The fourth-order valence-corrected chi connectivity index (χ4v) is 3.52. The van der Waals surface area contributed by atoms with Gasteiger partial charge in [0, 0.05) is 31.0 Å². The van der Waals surface area contributed by atoms with E-state index in [9.17, 15) is 4.79 Å². The van der Waals surface area contributed by atoms with E-state index in [1.807, 2.05) is 17.0 Å². The first-order valence-corrected chi connectivity index (χ1v) is 9.24. The molecule has 4 nitrogen and oxygen atoms in total. The van der Waals surface area contributed by atoms with E-state index in [0.29, 0.717) is 11.7 Å². The lowest BCUT2D eigenvalue weighted by Gasteiger charge is -2.35. The molecule has 4 heteroatoms. The van der Waals surface area contributed by atoms with Gasteiger partial charge in [0.25, 0.3) is 5.91 Å². The molecule has 1 aliphatic rings. The Morgan fingerprint density at radius 2 is 2.16 bits per heavy atom. The lowest BCUT2D eigenvalue weighted by Crippen LogP contribution is -2.43. The number of likely N-dealkylation sites (tertiary alicyclic amines) is 1. The zero-order valence-corrected chi connectivity index (χ0v) is 15.2. The normalized spacial score (nSPS) is 17.4. The highest BCUT2D eigenvalue weighted by Crippen LogP contribution is 2.22. The van der Waals surface area contributed by atoms with Gasteiger partial charge >= 0.3 is 0 Å². The van der Waals surface area contributed by atoms with Crippen molar-refractivity contribution in [1.82, 2.24) is 9.88 Å². The van der Waals surface area contributed by atoms with Crippen LogP contribution in [0, 0.1) is 6.92 Å². The molecule has 0 saturated carbocycles. The molecule has 1 N–H and O–H groups in total. The van der Waals surface area contributed by atoms with Crippen LogP contribution in [0.2, 0.25) is 0 Å². The first-order chi connectivity index (χ1) is 12.2. The van der Waals surface area contributed by atoms with Crippen LogP contribution in [0.15, 0.2) is 42.6 Å². The number of hydrogen-bond donors (Lipinski definition) is 1. The van der Waals surface area contributed by atoms with Crippen molar-refractivity contribution in [1.29, 1.82) is 0 Å². The molecular weight excluding hydrogens is 310 g/mol. The summed E-state index contributed by atoms with van der Waals surface area (Å²) in [5, 5.41) is 3.40. The first kappa shape index (κ1) is 17.5. The van der Waals surface area contributed by atoms with E-state index in [4.69, 9.17) is 0 Å². The second-order valence-corrected chi connectivity index (χ2v) is 6.83. The number of amides is 1. The molecule has 1 aliphatic heterocycles. The number of carbonyl (C=O) groups is 1. The summed E-state index contributed by atoms with van der Waals surface area (Å²) in [6.45, 7) is 5.83. The second kappa shape index (κ2) is 8.15. The molecule has 1 unspecified atom stereocenters. The molecule has 1 fully saturated rings. The van der Waals surface area contributed by atoms with Crippen LogP contribution in [0.5, 0.6) is 0 Å². The van der Waals surface area contributed by atoms with Crippen molar-refractivity contribution < 1.29 is 4.79 Å². The molecule has 1 amide bonds. The quantitative estimate of drug-likeness (QED) is 0.879. The summed E-state index contributed by atoms with van der Waals surface area (Å²) in [6.07, 6.45) is 6.14. The molecule has 0 aliphatic carbocycles. The Bertz CT molecular complexity index is 729. The standard InChI is InChI=1S/C21H27N3O/c1-3-19-9-4-5-12-24(19)21(25)20-14-18(10-11-22-20)23-15-17-8-6-7-16(2)13-17/h6-8,10-11,13-14,19H,3-5,9,12,15H2,1-2H3,(H,22,23). The fraction of sp³-hybridized carbons (Fsp3) is 0.429. The molecule has 1 aromatic heterocycles. The molecule has 2 aromatic rings. The lowest BCUT2D eigenvalue weighted by molar-refractivity contribution is 0.0602. The number of carbonyl (C=O) groups excluding carboxylic acids is 1. The van der Waals surface area contributed by atoms with Gasteiger partial charge in [-0.3, -0.25) is 9.78 Å². The molecule has 0 spiro atoms. The highest BCUT2D eigenvalue weighted by Gasteiger charge is 2.26. The van der Waals surface area contributed by atoms with Gasteiger partial charge in [0.05, 0.1) is 0 Å². The Hall–Kier alpha value is -2.36. The monoisotopic (exact) mass is 337 g/mol. The van der Waals surface area contributed by atoms with Crippen LogP contribution < -0.4 is 5.32 Å². The van der Waals surface area contributed by atoms with Gasteiger partial charge in [0.1, 0.15) is 5.69 Å². The van der Waals surface area contributed by atoms with Crippen molar-refractivity contribution in [3.05, 3.63) is 59.4 Å². The van der Waals surface area contributed by atoms with Crippen molar-refractivity contribution >= 4 is 11.6 Å². The van der Waals surface area contributed by atoms with E-state index in [1.54, 1.807) is 6.20 Å². The first-order valence-electron chi connectivity index (χ1n) is 9.24. The summed E-state index contributed by atoms with van der Waals surface area (Å²) in [5.74, 6) is 0.0609. The number of rotatable bonds is 5. The van der Waals surface area contributed by atoms with Crippen LogP contribution in [0.25, 0.3) is 0 Å². The minimum absolute atomic E-state index is 0.0609. The van der Waals surface area contributed by atoms with E-state index in [1.165, 1.54) is 17.5 Å². The number of pyridine rings is 1. The molecule has 1 saturated heterocycles. The highest BCUT2D eigenvalue weighted by molar-refractivity contribution is 5.93. The van der Waals surface area contributed by atoms with Crippen LogP contribution in [-0.2, 0) is 6.54 Å². The molecule has 25 heavy (non-hydrogen) atoms. The SMILES string of the molecule is CCC1CCCCN1C(=O)c1cc(NCc2cccc(C)c2)ccn1. The van der Waals surface area contributed by atoms with E-state index in [0.717, 1.165) is 38.0 Å². The van der Waals surface area contributed by atoms with Gasteiger partial charge in [0.15, 0.2) is 0 Å². The molecule has 1 aromatic carbocycles. The molecule has 0 bridgehead atoms. The molecule has 2 heterocycles. The number of hydrogen-bond acceptors (Lipinski definition) is 3. The smallest absolute Gasteiger partial charge is 0.272 e. The maximum Gasteiger partial charge on any atom is 0.272 e. The highest BCUT2D eigenvalue weighted by atomic mass is 16.2. The Balaban J connectivity index is 1.69. The van der Waals surface area contributed by atoms with E-state index in [2.05, 4.69) is 48.4 Å². The van der Waals surface area contributed by atoms with Gasteiger partial charge in [0.2, 0.25) is 0 Å². The zero-order valence-electron chi connectivity index (χ0n) is 15.2. The number of aromatic nitrogens is 1. The number of piperidine rings is 1. The van der Waals surface area contributed by atoms with Crippen molar-refractivity contribution in [3.63, 3.8) is 0 Å². The Morgan fingerprint density at radius 3 is 2.96 bits per heavy atom. The van der Waals surface area contributed by atoms with Crippen LogP contribution >= 0.6 is 0 Å². The summed E-state index contributed by atoms with van der Waals surface area (Å²) in [7, 11) is 0. The zero-order chi connectivity index (χ0) is 17.6. The van der Waals surface area contributed by atoms with Gasteiger partial charge in [-0.1, -0.05) is 36.8 Å². The molecule has 0 radical (unpaired) electrons. The van der Waals surface area contributed by atoms with Gasteiger partial charge in [-0.2, -0.15) is 0 Å². The average molecular weight is 337 g/mol. The summed E-state index contributed by atoms with van der Waals surface area (Å²) in [6, 6.07) is 12.6. The van der Waals surface area contributed by atoms with Crippen molar-refractivity contribution in [2.24, 2.45) is 0 Å². The third-order valence-corrected chi connectivity index (χ3v) is 4.92. The van der Waals surface area contributed by atoms with Gasteiger partial charge in [-0.25, -0.2) is 0 Å². The summed E-state index contributed by atoms with van der Waals surface area (Å²) in [5.41, 5.74) is 3.95. The number of nitrogens with one attached hydrogen (secondary N) is 1. The number of nitrogens with zero attached hydrogens (tertiary/aromatic N) is 2. The topological polar surface area (TPSA) is 45.2 Å². The maximum absolute atomic E-state index is 12.9. The van der Waals surface area contributed by atoms with Gasteiger partial charge in [-0.05, 0) is 50.3 Å². The van der Waals surface area contributed by atoms with Crippen LogP contribution in [0.4, 0.5) is 5.69 Å².